The summed E-state index contributed by atoms with van der Waals surface area (Å²) in [4.78, 5) is 19.3. The van der Waals surface area contributed by atoms with Gasteiger partial charge >= 0.3 is 0 Å². The number of rotatable bonds is 6. The van der Waals surface area contributed by atoms with Crippen LogP contribution in [0.25, 0.3) is 5.69 Å². The van der Waals surface area contributed by atoms with Crippen molar-refractivity contribution in [3.8, 4) is 5.69 Å². The molecule has 2 unspecified atom stereocenters. The van der Waals surface area contributed by atoms with E-state index >= 15 is 0 Å². The number of nitrogens with zero attached hydrogens (tertiary/aromatic N) is 4. The fraction of sp³-hybridized carbons (Fsp3) is 0.240. The Morgan fingerprint density at radius 1 is 1.19 bits per heavy atom. The maximum Gasteiger partial charge on any atom is 0.255 e. The highest BCUT2D eigenvalue weighted by Crippen LogP contribution is 2.33. The number of carbonyl (C=O) groups is 1. The smallest absolute Gasteiger partial charge is 0.255 e. The molecule has 4 aromatic rings. The zero-order valence-electron chi connectivity index (χ0n) is 18.1. The maximum atomic E-state index is 13.1. The van der Waals surface area contributed by atoms with Crippen molar-refractivity contribution in [1.82, 2.24) is 20.1 Å². The first-order chi connectivity index (χ1) is 15.6. The third-order valence-electron chi connectivity index (χ3n) is 6.08. The molecule has 7 nitrogen and oxygen atoms in total. The number of amides is 1. The molecule has 1 amide bonds. The van der Waals surface area contributed by atoms with E-state index in [4.69, 9.17) is 4.42 Å². The molecule has 0 fully saturated rings. The topological polar surface area (TPSA) is 76.2 Å². The standard InChI is InChI=1S/C25H25N5O2/c1-17-13-20-5-3-4-6-23(20)29(17)14-24-22(11-12-32-24)25(31)28-18(2)19-7-9-21(10-8-19)30-16-26-15-27-30/h3-12,15-18H,13-14H2,1-2H3,(H,28,31). The lowest BCUT2D eigenvalue weighted by atomic mass is 10.1. The number of aromatic nitrogens is 3. The number of furan rings is 1. The fourth-order valence-corrected chi connectivity index (χ4v) is 4.31. The van der Waals surface area contributed by atoms with Crippen molar-refractivity contribution in [1.29, 1.82) is 0 Å². The van der Waals surface area contributed by atoms with Crippen molar-refractivity contribution in [2.75, 3.05) is 4.90 Å². The fourth-order valence-electron chi connectivity index (χ4n) is 4.31. The number of anilines is 1. The van der Waals surface area contributed by atoms with Crippen molar-refractivity contribution >= 4 is 11.6 Å². The summed E-state index contributed by atoms with van der Waals surface area (Å²) in [5.41, 5.74) is 5.05. The summed E-state index contributed by atoms with van der Waals surface area (Å²) in [5, 5.41) is 7.23. The summed E-state index contributed by atoms with van der Waals surface area (Å²) >= 11 is 0. The number of nitrogens with one attached hydrogen (secondary N) is 1. The normalized spacial score (nSPS) is 16.1. The third kappa shape index (κ3) is 3.77. The van der Waals surface area contributed by atoms with Gasteiger partial charge in [0.1, 0.15) is 18.4 Å². The number of benzene rings is 2. The summed E-state index contributed by atoms with van der Waals surface area (Å²) in [5.74, 6) is 0.543. The summed E-state index contributed by atoms with van der Waals surface area (Å²) < 4.78 is 7.43. The number of para-hydroxylation sites is 1. The third-order valence-corrected chi connectivity index (χ3v) is 6.08. The van der Waals surface area contributed by atoms with E-state index in [2.05, 4.69) is 51.5 Å². The molecule has 0 aliphatic carbocycles. The molecule has 2 atom stereocenters. The largest absolute Gasteiger partial charge is 0.467 e. The van der Waals surface area contributed by atoms with Crippen LogP contribution in [0.1, 0.15) is 47.1 Å². The zero-order chi connectivity index (χ0) is 22.1. The SMILES string of the molecule is CC(NC(=O)c1ccoc1CN1c2ccccc2CC1C)c1ccc(-n2cncn2)cc1. The Labute approximate surface area is 186 Å². The summed E-state index contributed by atoms with van der Waals surface area (Å²) in [6, 6.07) is 18.3. The Balaban J connectivity index is 1.28. The molecule has 1 aliphatic heterocycles. The van der Waals surface area contributed by atoms with Crippen LogP contribution < -0.4 is 10.2 Å². The van der Waals surface area contributed by atoms with E-state index in [-0.39, 0.29) is 11.9 Å². The Hall–Kier alpha value is -3.87. The van der Waals surface area contributed by atoms with Crippen molar-refractivity contribution in [2.45, 2.75) is 38.9 Å². The van der Waals surface area contributed by atoms with Gasteiger partial charge in [-0.15, -0.1) is 0 Å². The van der Waals surface area contributed by atoms with Gasteiger partial charge in [0, 0.05) is 11.7 Å². The molecule has 2 aromatic carbocycles. The monoisotopic (exact) mass is 427 g/mol. The highest BCUT2D eigenvalue weighted by atomic mass is 16.3. The second-order valence-corrected chi connectivity index (χ2v) is 8.19. The lowest BCUT2D eigenvalue weighted by molar-refractivity contribution is 0.0938. The Bertz CT molecular complexity index is 1210. The first kappa shape index (κ1) is 20.1. The molecule has 32 heavy (non-hydrogen) atoms. The van der Waals surface area contributed by atoms with Gasteiger partial charge in [-0.25, -0.2) is 9.67 Å². The average Bonchev–Trinajstić information content (AvgIpc) is 3.55. The van der Waals surface area contributed by atoms with Gasteiger partial charge in [0.25, 0.3) is 5.91 Å². The Morgan fingerprint density at radius 2 is 2.00 bits per heavy atom. The van der Waals surface area contributed by atoms with Crippen LogP contribution >= 0.6 is 0 Å². The number of hydrogen-bond donors (Lipinski definition) is 1. The summed E-state index contributed by atoms with van der Waals surface area (Å²) in [6.45, 7) is 4.74. The summed E-state index contributed by atoms with van der Waals surface area (Å²) in [7, 11) is 0. The second kappa shape index (κ2) is 8.34. The quantitative estimate of drug-likeness (QED) is 0.496. The molecule has 3 heterocycles. The average molecular weight is 428 g/mol. The molecule has 162 valence electrons. The number of carbonyl (C=O) groups excluding carboxylic acids is 1. The predicted molar refractivity (Wildman–Crippen MR) is 122 cm³/mol. The lowest BCUT2D eigenvalue weighted by Crippen LogP contribution is -2.31. The van der Waals surface area contributed by atoms with E-state index in [9.17, 15) is 4.79 Å². The molecule has 0 saturated heterocycles. The minimum absolute atomic E-state index is 0.137. The van der Waals surface area contributed by atoms with Gasteiger partial charge < -0.3 is 14.6 Å². The van der Waals surface area contributed by atoms with Crippen molar-refractivity contribution < 1.29 is 9.21 Å². The highest BCUT2D eigenvalue weighted by molar-refractivity contribution is 5.95. The van der Waals surface area contributed by atoms with Gasteiger partial charge in [-0.05, 0) is 55.7 Å². The minimum Gasteiger partial charge on any atom is -0.467 e. The molecule has 0 bridgehead atoms. The van der Waals surface area contributed by atoms with E-state index in [0.29, 0.717) is 23.9 Å². The van der Waals surface area contributed by atoms with Crippen LogP contribution in [0.5, 0.6) is 0 Å². The van der Waals surface area contributed by atoms with Crippen LogP contribution in [-0.4, -0.2) is 26.7 Å². The molecule has 0 saturated carbocycles. The van der Waals surface area contributed by atoms with Crippen LogP contribution in [0.2, 0.25) is 0 Å². The molecule has 1 N–H and O–H groups in total. The number of hydrogen-bond acceptors (Lipinski definition) is 5. The molecular weight excluding hydrogens is 402 g/mol. The Kier molecular flexibility index (Phi) is 5.23. The molecule has 7 heteroatoms. The van der Waals surface area contributed by atoms with E-state index in [1.807, 2.05) is 31.2 Å². The Morgan fingerprint density at radius 3 is 2.78 bits per heavy atom. The van der Waals surface area contributed by atoms with Crippen LogP contribution in [0.15, 0.2) is 77.9 Å². The van der Waals surface area contributed by atoms with E-state index in [1.54, 1.807) is 23.3 Å². The van der Waals surface area contributed by atoms with Crippen molar-refractivity contribution in [3.05, 3.63) is 96.0 Å². The van der Waals surface area contributed by atoms with Gasteiger partial charge in [0.05, 0.1) is 30.1 Å². The van der Waals surface area contributed by atoms with Crippen LogP contribution in [0.4, 0.5) is 5.69 Å². The molecule has 0 radical (unpaired) electrons. The van der Waals surface area contributed by atoms with Gasteiger partial charge in [0.2, 0.25) is 0 Å². The summed E-state index contributed by atoms with van der Waals surface area (Å²) in [6.07, 6.45) is 5.75. The van der Waals surface area contributed by atoms with Crippen LogP contribution in [0, 0.1) is 0 Å². The van der Waals surface area contributed by atoms with Crippen molar-refractivity contribution in [3.63, 3.8) is 0 Å². The van der Waals surface area contributed by atoms with Crippen LogP contribution in [-0.2, 0) is 13.0 Å². The maximum absolute atomic E-state index is 13.1. The second-order valence-electron chi connectivity index (χ2n) is 8.19. The van der Waals surface area contributed by atoms with Crippen LogP contribution in [0.3, 0.4) is 0 Å². The van der Waals surface area contributed by atoms with E-state index < -0.39 is 0 Å². The lowest BCUT2D eigenvalue weighted by Gasteiger charge is -2.24. The zero-order valence-corrected chi connectivity index (χ0v) is 18.1. The van der Waals surface area contributed by atoms with Gasteiger partial charge in [-0.2, -0.15) is 5.10 Å². The molecule has 0 spiro atoms. The first-order valence-corrected chi connectivity index (χ1v) is 10.8. The van der Waals surface area contributed by atoms with E-state index in [1.165, 1.54) is 17.6 Å². The van der Waals surface area contributed by atoms with E-state index in [0.717, 1.165) is 17.7 Å². The highest BCUT2D eigenvalue weighted by Gasteiger charge is 2.28. The molecule has 2 aromatic heterocycles. The molecule has 1 aliphatic rings. The molecular formula is C25H25N5O2. The van der Waals surface area contributed by atoms with Gasteiger partial charge in [-0.3, -0.25) is 4.79 Å². The predicted octanol–water partition coefficient (Wildman–Crippen LogP) is 4.30. The van der Waals surface area contributed by atoms with Gasteiger partial charge in [-0.1, -0.05) is 30.3 Å². The molecule has 5 rings (SSSR count). The number of fused-ring (bicyclic) bond motifs is 1. The first-order valence-electron chi connectivity index (χ1n) is 10.8. The minimum atomic E-state index is -0.151. The van der Waals surface area contributed by atoms with Crippen molar-refractivity contribution in [2.24, 2.45) is 0 Å². The van der Waals surface area contributed by atoms with Gasteiger partial charge in [0.15, 0.2) is 0 Å².